The van der Waals surface area contributed by atoms with Crippen LogP contribution in [-0.2, 0) is 10.4 Å². The maximum absolute atomic E-state index is 9.31. The molecule has 0 saturated heterocycles. The number of aromatic hydroxyl groups is 1. The van der Waals surface area contributed by atoms with Gasteiger partial charge in [0, 0.05) is 6.08 Å². The molecule has 0 aromatic heterocycles. The van der Waals surface area contributed by atoms with E-state index in [1.165, 1.54) is 0 Å². The number of phenolic OH excluding ortho intramolecular Hbond substituents is 1. The molecule has 1 radical (unpaired) electrons. The van der Waals surface area contributed by atoms with Crippen molar-refractivity contribution in [3.05, 3.63) is 29.8 Å². The van der Waals surface area contributed by atoms with Crippen LogP contribution in [-0.4, -0.2) is 28.8 Å². The molecule has 7 heteroatoms. The Kier molecular flexibility index (Phi) is 3.78. The molecule has 0 bridgehead atoms. The summed E-state index contributed by atoms with van der Waals surface area (Å²) in [7, 11) is -4.92. The third kappa shape index (κ3) is 4.22. The van der Waals surface area contributed by atoms with E-state index in [0.29, 0.717) is 5.69 Å². The second-order valence-corrected chi connectivity index (χ2v) is 3.64. The van der Waals surface area contributed by atoms with Crippen LogP contribution in [0, 0.1) is 0 Å². The van der Waals surface area contributed by atoms with Crippen LogP contribution in [0.4, 0.5) is 5.69 Å². The van der Waals surface area contributed by atoms with Gasteiger partial charge in [0.2, 0.25) is 16.6 Å². The molecule has 2 rings (SSSR count). The lowest BCUT2D eigenvalue weighted by atomic mass is 10.1. The Labute approximate surface area is 92.2 Å². The number of phenols is 1. The van der Waals surface area contributed by atoms with Crippen LogP contribution >= 0.6 is 0 Å². The molecule has 16 heavy (non-hydrogen) atoms. The third-order valence-electron chi connectivity index (χ3n) is 1.61. The molecule has 0 atom stereocenters. The third-order valence-corrected chi connectivity index (χ3v) is 1.61. The van der Waals surface area contributed by atoms with Gasteiger partial charge in [-0.1, -0.05) is 6.07 Å². The molecule has 0 aliphatic carbocycles. The van der Waals surface area contributed by atoms with Gasteiger partial charge in [-0.15, -0.1) is 0 Å². The molecule has 1 aliphatic rings. The predicted molar refractivity (Wildman–Crippen MR) is 57.3 cm³/mol. The van der Waals surface area contributed by atoms with Gasteiger partial charge in [0.1, 0.15) is 0 Å². The number of para-hydroxylation sites is 1. The SMILES string of the molecule is O=S(=O)([O-])O.Oc1cccc2c1[N+]=CC=C2. The lowest BCUT2D eigenvalue weighted by Crippen LogP contribution is -1.91. The van der Waals surface area contributed by atoms with Crippen LogP contribution in [0.2, 0.25) is 0 Å². The number of benzene rings is 1. The minimum atomic E-state index is -4.92. The van der Waals surface area contributed by atoms with Crippen molar-refractivity contribution >= 4 is 28.4 Å². The molecule has 1 heterocycles. The number of allylic oxidation sites excluding steroid dienone is 1. The Balaban J connectivity index is 0.000000221. The van der Waals surface area contributed by atoms with E-state index in [2.05, 4.69) is 4.99 Å². The Morgan fingerprint density at radius 2 is 1.94 bits per heavy atom. The minimum absolute atomic E-state index is 0.239. The predicted octanol–water partition coefficient (Wildman–Crippen LogP) is 0.462. The van der Waals surface area contributed by atoms with Crippen molar-refractivity contribution in [3.8, 4) is 5.75 Å². The first-order valence-corrected chi connectivity index (χ1v) is 5.45. The molecule has 1 aliphatic heterocycles. The van der Waals surface area contributed by atoms with Gasteiger partial charge in [0.15, 0.2) is 5.75 Å². The highest BCUT2D eigenvalue weighted by Crippen LogP contribution is 2.27. The highest BCUT2D eigenvalue weighted by atomic mass is 32.3. The van der Waals surface area contributed by atoms with E-state index in [0.717, 1.165) is 5.56 Å². The monoisotopic (exact) mass is 242 g/mol. The molecule has 85 valence electrons. The second kappa shape index (κ2) is 4.88. The first-order valence-electron chi connectivity index (χ1n) is 4.09. The lowest BCUT2D eigenvalue weighted by molar-refractivity contribution is 0.366. The Hall–Kier alpha value is -1.70. The summed E-state index contributed by atoms with van der Waals surface area (Å²) in [5.74, 6) is 0.239. The van der Waals surface area contributed by atoms with Crippen LogP contribution in [0.15, 0.2) is 24.3 Å². The zero-order valence-corrected chi connectivity index (χ0v) is 8.76. The summed E-state index contributed by atoms with van der Waals surface area (Å²) in [4.78, 5) is 4.03. The van der Waals surface area contributed by atoms with E-state index in [4.69, 9.17) is 17.5 Å². The highest BCUT2D eigenvalue weighted by molar-refractivity contribution is 7.79. The fourth-order valence-corrected chi connectivity index (χ4v) is 1.09. The minimum Gasteiger partial charge on any atom is -0.726 e. The Morgan fingerprint density at radius 1 is 1.31 bits per heavy atom. The van der Waals surface area contributed by atoms with Crippen LogP contribution in [0.3, 0.4) is 0 Å². The van der Waals surface area contributed by atoms with Gasteiger partial charge in [-0.3, -0.25) is 4.55 Å². The van der Waals surface area contributed by atoms with Crippen molar-refractivity contribution in [2.45, 2.75) is 0 Å². The molecule has 1 aromatic carbocycles. The van der Waals surface area contributed by atoms with Crippen molar-refractivity contribution in [3.63, 3.8) is 0 Å². The average molecular weight is 242 g/mol. The fraction of sp³-hybridized carbons (Fsp3) is 0. The summed E-state index contributed by atoms with van der Waals surface area (Å²) >= 11 is 0. The summed E-state index contributed by atoms with van der Waals surface area (Å²) in [5, 5.41) is 9.31. The molecular weight excluding hydrogens is 234 g/mol. The maximum Gasteiger partial charge on any atom is 0.325 e. The lowest BCUT2D eigenvalue weighted by Gasteiger charge is -1.94. The summed E-state index contributed by atoms with van der Waals surface area (Å²) in [6.45, 7) is 0. The number of hydrogen-bond acceptors (Lipinski definition) is 5. The van der Waals surface area contributed by atoms with Gasteiger partial charge in [-0.25, -0.2) is 8.42 Å². The fourth-order valence-electron chi connectivity index (χ4n) is 1.09. The average Bonchev–Trinajstić information content (AvgIpc) is 2.16. The maximum atomic E-state index is 9.31. The second-order valence-electron chi connectivity index (χ2n) is 2.78. The normalized spacial score (nSPS) is 12.6. The highest BCUT2D eigenvalue weighted by Gasteiger charge is 2.15. The van der Waals surface area contributed by atoms with E-state index >= 15 is 0 Å². The molecule has 6 nitrogen and oxygen atoms in total. The Morgan fingerprint density at radius 3 is 2.50 bits per heavy atom. The van der Waals surface area contributed by atoms with Crippen molar-refractivity contribution in [1.29, 1.82) is 0 Å². The zero-order chi connectivity index (χ0) is 12.2. The van der Waals surface area contributed by atoms with Crippen molar-refractivity contribution in [2.24, 2.45) is 0 Å². The quantitative estimate of drug-likeness (QED) is 0.507. The van der Waals surface area contributed by atoms with Gasteiger partial charge in [-0.05, 0) is 18.2 Å². The zero-order valence-electron chi connectivity index (χ0n) is 7.94. The largest absolute Gasteiger partial charge is 0.726 e. The smallest absolute Gasteiger partial charge is 0.325 e. The molecule has 0 unspecified atom stereocenters. The molecule has 0 saturated carbocycles. The summed E-state index contributed by atoms with van der Waals surface area (Å²) in [5.41, 5.74) is 1.63. The first-order chi connectivity index (χ1) is 7.38. The summed E-state index contributed by atoms with van der Waals surface area (Å²) in [6.07, 6.45) is 5.44. The van der Waals surface area contributed by atoms with Crippen LogP contribution in [0.25, 0.3) is 6.08 Å². The van der Waals surface area contributed by atoms with Gasteiger partial charge >= 0.3 is 5.69 Å². The van der Waals surface area contributed by atoms with Gasteiger partial charge in [0.25, 0.3) is 0 Å². The van der Waals surface area contributed by atoms with Crippen LogP contribution in [0.5, 0.6) is 5.75 Å². The molecule has 1 aromatic rings. The van der Waals surface area contributed by atoms with Gasteiger partial charge in [0.05, 0.1) is 10.6 Å². The van der Waals surface area contributed by atoms with Gasteiger partial charge < -0.3 is 9.66 Å². The molecule has 0 amide bonds. The van der Waals surface area contributed by atoms with Crippen molar-refractivity contribution in [1.82, 2.24) is 4.99 Å². The number of hydrogen-bond donors (Lipinski definition) is 2. The van der Waals surface area contributed by atoms with Crippen molar-refractivity contribution < 1.29 is 22.6 Å². The molecule has 2 N–H and O–H groups in total. The first kappa shape index (κ1) is 12.4. The summed E-state index contributed by atoms with van der Waals surface area (Å²) in [6, 6.07) is 5.36. The van der Waals surface area contributed by atoms with Crippen molar-refractivity contribution in [2.75, 3.05) is 0 Å². The standard InChI is InChI=1S/C9H7NO.H2O4S/c11-8-5-1-3-7-4-2-6-10-9(7)8;1-5(2,3)4/h1-6,11H;(H2,1,2,3,4)/q+1;/p-1. The number of nitrogens with zero attached hydrogens (tertiary/aromatic N) is 1. The topological polar surface area (TPSA) is 112 Å². The van der Waals surface area contributed by atoms with E-state index in [1.807, 2.05) is 18.2 Å². The molecule has 0 fully saturated rings. The molecular formula is C9H8NO5S. The van der Waals surface area contributed by atoms with E-state index in [-0.39, 0.29) is 5.75 Å². The van der Waals surface area contributed by atoms with E-state index in [9.17, 15) is 5.11 Å². The van der Waals surface area contributed by atoms with Crippen LogP contribution < -0.4 is 4.99 Å². The Bertz CT molecular complexity index is 525. The van der Waals surface area contributed by atoms with E-state index < -0.39 is 10.4 Å². The van der Waals surface area contributed by atoms with Crippen LogP contribution in [0.1, 0.15) is 5.56 Å². The number of fused-ring (bicyclic) bond motifs is 1. The molecule has 0 spiro atoms. The number of aliphatic imine (C=N–C) groups is 1. The number of rotatable bonds is 0. The van der Waals surface area contributed by atoms with Gasteiger partial charge in [-0.2, -0.15) is 0 Å². The van der Waals surface area contributed by atoms with E-state index in [1.54, 1.807) is 18.3 Å². The summed E-state index contributed by atoms with van der Waals surface area (Å²) < 4.78 is 32.8.